The lowest BCUT2D eigenvalue weighted by molar-refractivity contribution is -0.160. The van der Waals surface area contributed by atoms with Crippen LogP contribution < -0.4 is 0 Å². The Labute approximate surface area is 158 Å². The number of hydrogen-bond donors (Lipinski definition) is 1. The van der Waals surface area contributed by atoms with Crippen molar-refractivity contribution >= 4 is 17.5 Å². The van der Waals surface area contributed by atoms with Crippen LogP contribution in [-0.2, 0) is 20.5 Å². The molecule has 3 atom stereocenters. The Morgan fingerprint density at radius 3 is 2.54 bits per heavy atom. The molecule has 0 aliphatic heterocycles. The molecule has 6 nitrogen and oxygen atoms in total. The molecule has 1 heterocycles. The van der Waals surface area contributed by atoms with E-state index in [9.17, 15) is 32.7 Å². The highest BCUT2D eigenvalue weighted by molar-refractivity contribution is 6.32. The number of aryl methyl sites for hydroxylation is 1. The number of esters is 1. The molecule has 0 radical (unpaired) electrons. The lowest BCUT2D eigenvalue weighted by Gasteiger charge is -2.30. The molecule has 1 fully saturated rings. The van der Waals surface area contributed by atoms with Crippen LogP contribution in [0, 0.1) is 24.2 Å². The number of carbonyl (C=O) groups excluding carboxylic acids is 3. The number of fused-ring (bicyclic) bond motifs is 1. The van der Waals surface area contributed by atoms with E-state index in [-0.39, 0.29) is 17.9 Å². The topological polar surface area (TPSA) is 93.6 Å². The minimum Gasteiger partial charge on any atom is -0.511 e. The second-order valence-electron chi connectivity index (χ2n) is 7.12. The first-order valence-electron chi connectivity index (χ1n) is 8.69. The first-order chi connectivity index (χ1) is 12.9. The van der Waals surface area contributed by atoms with Gasteiger partial charge in [-0.1, -0.05) is 0 Å². The second kappa shape index (κ2) is 6.42. The Balaban J connectivity index is 2.03. The van der Waals surface area contributed by atoms with Crippen LogP contribution in [0.15, 0.2) is 23.5 Å². The zero-order valence-electron chi connectivity index (χ0n) is 15.4. The summed E-state index contributed by atoms with van der Waals surface area (Å²) in [5, 5.41) is 10.4. The van der Waals surface area contributed by atoms with Gasteiger partial charge in [0, 0.05) is 17.2 Å². The van der Waals surface area contributed by atoms with Gasteiger partial charge >= 0.3 is 12.1 Å². The first kappa shape index (κ1) is 20.0. The second-order valence-corrected chi connectivity index (χ2v) is 7.12. The lowest BCUT2D eigenvalue weighted by Crippen LogP contribution is -2.45. The molecule has 0 aromatic carbocycles. The summed E-state index contributed by atoms with van der Waals surface area (Å²) in [6, 6.07) is 1.55. The predicted octanol–water partition coefficient (Wildman–Crippen LogP) is 3.19. The van der Waals surface area contributed by atoms with Crippen molar-refractivity contribution in [2.75, 3.05) is 6.61 Å². The van der Waals surface area contributed by atoms with Gasteiger partial charge in [-0.15, -0.1) is 0 Å². The normalized spacial score (nSPS) is 26.7. The molecule has 9 heteroatoms. The number of carbonyl (C=O) groups is 3. The van der Waals surface area contributed by atoms with Crippen LogP contribution in [0.3, 0.4) is 0 Å². The third-order valence-electron chi connectivity index (χ3n) is 5.39. The standard InChI is InChI=1S/C19H18F3NO5/c1-4-28-17(27)18(3)11-7-10(11)15(25)13(16(18)26)14(24)9-5-6-12(19(20,21)22)23-8(9)2/h5-6,10-11,25H,4,7H2,1-3H3. The SMILES string of the molecule is CCOC(=O)C1(C)C(=O)C(C(=O)c2ccc(C(F)(F)F)nc2C)=C(O)C2CC21. The molecule has 1 N–H and O–H groups in total. The van der Waals surface area contributed by atoms with Crippen molar-refractivity contribution in [2.45, 2.75) is 33.4 Å². The van der Waals surface area contributed by atoms with Crippen LogP contribution in [0.5, 0.6) is 0 Å². The molecule has 3 rings (SSSR count). The summed E-state index contributed by atoms with van der Waals surface area (Å²) in [6.07, 6.45) is -4.34. The van der Waals surface area contributed by atoms with Crippen molar-refractivity contribution in [1.82, 2.24) is 4.98 Å². The van der Waals surface area contributed by atoms with Crippen LogP contribution >= 0.6 is 0 Å². The van der Waals surface area contributed by atoms with Crippen molar-refractivity contribution in [2.24, 2.45) is 17.3 Å². The Kier molecular flexibility index (Phi) is 4.60. The molecule has 3 unspecified atom stereocenters. The average molecular weight is 397 g/mol. The molecule has 0 bridgehead atoms. The predicted molar refractivity (Wildman–Crippen MR) is 89.3 cm³/mol. The summed E-state index contributed by atoms with van der Waals surface area (Å²) in [6.45, 7) is 4.20. The fraction of sp³-hybridized carbons (Fsp3) is 0.474. The Morgan fingerprint density at radius 2 is 2.00 bits per heavy atom. The van der Waals surface area contributed by atoms with E-state index in [4.69, 9.17) is 4.74 Å². The van der Waals surface area contributed by atoms with Crippen molar-refractivity contribution in [3.63, 3.8) is 0 Å². The molecule has 150 valence electrons. The maximum Gasteiger partial charge on any atom is 0.433 e. The Hall–Kier alpha value is -2.71. The van der Waals surface area contributed by atoms with E-state index in [1.165, 1.54) is 13.8 Å². The van der Waals surface area contributed by atoms with Gasteiger partial charge in [-0.25, -0.2) is 4.98 Å². The molecule has 2 aliphatic rings. The van der Waals surface area contributed by atoms with Crippen molar-refractivity contribution < 1.29 is 37.4 Å². The molecule has 28 heavy (non-hydrogen) atoms. The van der Waals surface area contributed by atoms with E-state index in [2.05, 4.69) is 4.98 Å². The quantitative estimate of drug-likeness (QED) is 0.363. The van der Waals surface area contributed by atoms with Gasteiger partial charge in [0.2, 0.25) is 5.78 Å². The molecule has 0 saturated heterocycles. The van der Waals surface area contributed by atoms with Gasteiger partial charge in [-0.05, 0) is 45.2 Å². The Morgan fingerprint density at radius 1 is 1.36 bits per heavy atom. The first-order valence-corrected chi connectivity index (χ1v) is 8.69. The van der Waals surface area contributed by atoms with Crippen molar-refractivity contribution in [1.29, 1.82) is 0 Å². The monoisotopic (exact) mass is 397 g/mol. The van der Waals surface area contributed by atoms with E-state index in [0.717, 1.165) is 6.07 Å². The minimum absolute atomic E-state index is 0.0417. The molecular formula is C19H18F3NO5. The number of pyridine rings is 1. The molecule has 0 amide bonds. The number of rotatable bonds is 4. The van der Waals surface area contributed by atoms with Crippen LogP contribution in [0.1, 0.15) is 42.0 Å². The third kappa shape index (κ3) is 2.89. The van der Waals surface area contributed by atoms with E-state index in [0.29, 0.717) is 12.5 Å². The summed E-state index contributed by atoms with van der Waals surface area (Å²) in [5.41, 5.74) is -3.85. The number of aromatic nitrogens is 1. The molecule has 0 spiro atoms. The number of nitrogens with zero attached hydrogens (tertiary/aromatic N) is 1. The number of ether oxygens (including phenoxy) is 1. The van der Waals surface area contributed by atoms with Gasteiger partial charge in [-0.2, -0.15) is 13.2 Å². The summed E-state index contributed by atoms with van der Waals surface area (Å²) in [7, 11) is 0. The van der Waals surface area contributed by atoms with E-state index >= 15 is 0 Å². The van der Waals surface area contributed by atoms with Gasteiger partial charge in [0.15, 0.2) is 5.78 Å². The number of Topliss-reactive ketones (excluding diaryl/α,β-unsaturated/α-hetero) is 2. The summed E-state index contributed by atoms with van der Waals surface area (Å²) < 4.78 is 43.4. The highest BCUT2D eigenvalue weighted by Gasteiger charge is 2.66. The number of alkyl halides is 3. The molecule has 1 aromatic rings. The number of aliphatic hydroxyl groups excluding tert-OH is 1. The largest absolute Gasteiger partial charge is 0.511 e. The van der Waals surface area contributed by atoms with E-state index < -0.39 is 58.0 Å². The van der Waals surface area contributed by atoms with Crippen molar-refractivity contribution in [3.05, 3.63) is 40.4 Å². The summed E-state index contributed by atoms with van der Waals surface area (Å²) in [4.78, 5) is 41.7. The summed E-state index contributed by atoms with van der Waals surface area (Å²) >= 11 is 0. The zero-order chi connectivity index (χ0) is 21.0. The zero-order valence-corrected chi connectivity index (χ0v) is 15.4. The third-order valence-corrected chi connectivity index (χ3v) is 5.39. The highest BCUT2D eigenvalue weighted by Crippen LogP contribution is 2.59. The number of allylic oxidation sites excluding steroid dienone is 2. The molecular weight excluding hydrogens is 379 g/mol. The molecule has 2 aliphatic carbocycles. The van der Waals surface area contributed by atoms with Gasteiger partial charge in [0.1, 0.15) is 22.4 Å². The lowest BCUT2D eigenvalue weighted by atomic mass is 9.71. The molecule has 1 aromatic heterocycles. The fourth-order valence-corrected chi connectivity index (χ4v) is 3.70. The van der Waals surface area contributed by atoms with Gasteiger partial charge in [0.05, 0.1) is 6.61 Å². The average Bonchev–Trinajstić information content (AvgIpc) is 3.40. The number of aliphatic hydroxyl groups is 1. The van der Waals surface area contributed by atoms with E-state index in [1.54, 1.807) is 6.92 Å². The van der Waals surface area contributed by atoms with Gasteiger partial charge in [0.25, 0.3) is 0 Å². The fourth-order valence-electron chi connectivity index (χ4n) is 3.70. The summed E-state index contributed by atoms with van der Waals surface area (Å²) in [5.74, 6) is -4.06. The smallest absolute Gasteiger partial charge is 0.433 e. The number of ketones is 2. The van der Waals surface area contributed by atoms with Gasteiger partial charge < -0.3 is 9.84 Å². The number of halogens is 3. The van der Waals surface area contributed by atoms with Crippen molar-refractivity contribution in [3.8, 4) is 0 Å². The Bertz CT molecular complexity index is 921. The van der Waals surface area contributed by atoms with Crippen LogP contribution in [-0.4, -0.2) is 34.2 Å². The number of hydrogen-bond acceptors (Lipinski definition) is 6. The maximum atomic E-state index is 13.0. The molecule has 1 saturated carbocycles. The van der Waals surface area contributed by atoms with Crippen LogP contribution in [0.2, 0.25) is 0 Å². The highest BCUT2D eigenvalue weighted by atomic mass is 19.4. The van der Waals surface area contributed by atoms with Crippen LogP contribution in [0.25, 0.3) is 0 Å². The maximum absolute atomic E-state index is 13.0. The van der Waals surface area contributed by atoms with E-state index in [1.807, 2.05) is 0 Å². The van der Waals surface area contributed by atoms with Crippen LogP contribution in [0.4, 0.5) is 13.2 Å². The van der Waals surface area contributed by atoms with Gasteiger partial charge in [-0.3, -0.25) is 14.4 Å². The minimum atomic E-state index is -4.68.